The zero-order chi connectivity index (χ0) is 23.9. The Morgan fingerprint density at radius 1 is 1.18 bits per heavy atom. The molecule has 0 bridgehead atoms. The number of aliphatic hydroxyl groups is 2. The van der Waals surface area contributed by atoms with E-state index in [-0.39, 0.29) is 34.0 Å². The summed E-state index contributed by atoms with van der Waals surface area (Å²) < 4.78 is 35.3. The van der Waals surface area contributed by atoms with Crippen molar-refractivity contribution in [2.75, 3.05) is 18.0 Å². The summed E-state index contributed by atoms with van der Waals surface area (Å²) in [5.74, 6) is -1.35. The van der Waals surface area contributed by atoms with Crippen LogP contribution in [0.1, 0.15) is 16.6 Å². The number of phenolic OH excluding ortho intramolecular Hbond substituents is 1. The second-order valence-corrected chi connectivity index (χ2v) is 8.65. The lowest BCUT2D eigenvalue weighted by atomic mass is 10.1. The standard InChI is InChI=1S/C17H20N8O7S/c18-10-7(2-1-3-8(10)26)16(29)24-33(30,31)23-4-9-12(27)13(28)17(32-9)25-6-22-11-14(19)20-5-21-15(11)25/h1-3,5-6,9,12-13,17,23,26-28H,4,18H2,(H,24,29)(H2,19,20,21)/t9-,12-,13-,17-/m1/s1. The van der Waals surface area contributed by atoms with E-state index in [1.54, 1.807) is 4.72 Å². The van der Waals surface area contributed by atoms with Gasteiger partial charge < -0.3 is 31.5 Å². The molecule has 33 heavy (non-hydrogen) atoms. The Bertz CT molecular complexity index is 1310. The Hall–Kier alpha value is -3.57. The monoisotopic (exact) mass is 480 g/mol. The zero-order valence-electron chi connectivity index (χ0n) is 16.7. The van der Waals surface area contributed by atoms with Gasteiger partial charge in [0.2, 0.25) is 0 Å². The molecule has 4 rings (SSSR count). The molecule has 15 nitrogen and oxygen atoms in total. The number of aromatic hydroxyl groups is 1. The molecule has 2 aromatic heterocycles. The highest BCUT2D eigenvalue weighted by molar-refractivity contribution is 7.88. The molecule has 1 aliphatic heterocycles. The van der Waals surface area contributed by atoms with Crippen molar-refractivity contribution in [1.82, 2.24) is 29.0 Å². The summed E-state index contributed by atoms with van der Waals surface area (Å²) in [5.41, 5.74) is 11.3. The molecule has 3 aromatic rings. The highest BCUT2D eigenvalue weighted by Gasteiger charge is 2.44. The predicted molar refractivity (Wildman–Crippen MR) is 113 cm³/mol. The molecule has 176 valence electrons. The first-order valence-electron chi connectivity index (χ1n) is 9.43. The van der Waals surface area contributed by atoms with E-state index in [9.17, 15) is 28.5 Å². The van der Waals surface area contributed by atoms with Crippen LogP contribution in [0.25, 0.3) is 11.2 Å². The molecule has 1 aromatic carbocycles. The van der Waals surface area contributed by atoms with Crippen molar-refractivity contribution in [3.63, 3.8) is 0 Å². The first-order valence-corrected chi connectivity index (χ1v) is 10.9. The van der Waals surface area contributed by atoms with E-state index in [2.05, 4.69) is 19.7 Å². The number of anilines is 2. The largest absolute Gasteiger partial charge is 0.506 e. The second-order valence-electron chi connectivity index (χ2n) is 7.15. The summed E-state index contributed by atoms with van der Waals surface area (Å²) in [5, 5.41) is 30.3. The second kappa shape index (κ2) is 8.41. The summed E-state index contributed by atoms with van der Waals surface area (Å²) in [4.78, 5) is 24.1. The lowest BCUT2D eigenvalue weighted by Gasteiger charge is -2.16. The molecule has 3 heterocycles. The summed E-state index contributed by atoms with van der Waals surface area (Å²) >= 11 is 0. The van der Waals surface area contributed by atoms with Crippen molar-refractivity contribution in [1.29, 1.82) is 0 Å². The van der Waals surface area contributed by atoms with Crippen LogP contribution in [0.2, 0.25) is 0 Å². The van der Waals surface area contributed by atoms with Crippen LogP contribution in [0.5, 0.6) is 5.75 Å². The number of imidazole rings is 1. The van der Waals surface area contributed by atoms with Gasteiger partial charge in [0.15, 0.2) is 17.7 Å². The molecule has 1 aliphatic rings. The van der Waals surface area contributed by atoms with Gasteiger partial charge in [0.1, 0.15) is 35.9 Å². The number of carbonyl (C=O) groups is 1. The van der Waals surface area contributed by atoms with Crippen LogP contribution in [-0.4, -0.2) is 74.0 Å². The highest BCUT2D eigenvalue weighted by Crippen LogP contribution is 2.31. The minimum Gasteiger partial charge on any atom is -0.506 e. The molecule has 1 saturated heterocycles. The Morgan fingerprint density at radius 2 is 1.94 bits per heavy atom. The smallest absolute Gasteiger partial charge is 0.301 e. The number of nitrogens with one attached hydrogen (secondary N) is 2. The third-order valence-corrected chi connectivity index (χ3v) is 6.03. The maximum absolute atomic E-state index is 12.3. The van der Waals surface area contributed by atoms with Crippen LogP contribution in [0, 0.1) is 0 Å². The molecule has 16 heteroatoms. The molecule has 1 amide bonds. The van der Waals surface area contributed by atoms with E-state index in [0.29, 0.717) is 0 Å². The minimum absolute atomic E-state index is 0.110. The molecule has 4 atom stereocenters. The van der Waals surface area contributed by atoms with Gasteiger partial charge in [0.05, 0.1) is 17.6 Å². The number of hydrogen-bond acceptors (Lipinski definition) is 12. The topological polar surface area (TPSA) is 241 Å². The van der Waals surface area contributed by atoms with Crippen LogP contribution in [0.3, 0.4) is 0 Å². The molecule has 0 unspecified atom stereocenters. The van der Waals surface area contributed by atoms with Crippen molar-refractivity contribution in [3.05, 3.63) is 36.4 Å². The molecular formula is C17H20N8O7S. The average molecular weight is 480 g/mol. The molecule has 0 spiro atoms. The molecule has 0 radical (unpaired) electrons. The van der Waals surface area contributed by atoms with Crippen molar-refractivity contribution < 1.29 is 33.3 Å². The first kappa shape index (κ1) is 22.6. The number of nitrogen functional groups attached to an aromatic ring is 2. The van der Waals surface area contributed by atoms with Crippen LogP contribution in [0.4, 0.5) is 11.5 Å². The van der Waals surface area contributed by atoms with Crippen molar-refractivity contribution in [2.24, 2.45) is 0 Å². The Balaban J connectivity index is 1.44. The lowest BCUT2D eigenvalue weighted by Crippen LogP contribution is -2.45. The highest BCUT2D eigenvalue weighted by atomic mass is 32.2. The fourth-order valence-corrected chi connectivity index (χ4v) is 4.15. The molecule has 0 aliphatic carbocycles. The fraction of sp³-hybridized carbons (Fsp3) is 0.294. The molecular weight excluding hydrogens is 460 g/mol. The van der Waals surface area contributed by atoms with Gasteiger partial charge in [-0.05, 0) is 12.1 Å². The quantitative estimate of drug-likeness (QED) is 0.144. The Morgan fingerprint density at radius 3 is 2.70 bits per heavy atom. The predicted octanol–water partition coefficient (Wildman–Crippen LogP) is -2.42. The Kier molecular flexibility index (Phi) is 5.76. The summed E-state index contributed by atoms with van der Waals surface area (Å²) in [6.45, 7) is -0.489. The summed E-state index contributed by atoms with van der Waals surface area (Å²) in [6, 6.07) is 3.79. The summed E-state index contributed by atoms with van der Waals surface area (Å²) in [6.07, 6.45) is -2.76. The number of aliphatic hydroxyl groups excluding tert-OH is 2. The molecule has 9 N–H and O–H groups in total. The number of ether oxygens (including phenoxy) is 1. The van der Waals surface area contributed by atoms with E-state index >= 15 is 0 Å². The Labute approximate surface area is 186 Å². The van der Waals surface area contributed by atoms with Gasteiger partial charge in [-0.1, -0.05) is 6.07 Å². The normalized spacial score (nSPS) is 23.1. The maximum Gasteiger partial charge on any atom is 0.301 e. The number of fused-ring (bicyclic) bond motifs is 1. The van der Waals surface area contributed by atoms with Gasteiger partial charge in [-0.25, -0.2) is 19.7 Å². The lowest BCUT2D eigenvalue weighted by molar-refractivity contribution is -0.0330. The number of carbonyl (C=O) groups excluding carboxylic acids is 1. The van der Waals surface area contributed by atoms with E-state index < -0.39 is 47.2 Å². The van der Waals surface area contributed by atoms with E-state index in [0.717, 1.165) is 0 Å². The van der Waals surface area contributed by atoms with E-state index in [4.69, 9.17) is 16.2 Å². The average Bonchev–Trinajstić information content (AvgIpc) is 3.31. The number of amides is 1. The number of hydrogen-bond donors (Lipinski definition) is 7. The third-order valence-electron chi connectivity index (χ3n) is 5.03. The number of nitrogens with zero attached hydrogens (tertiary/aromatic N) is 4. The number of benzene rings is 1. The van der Waals surface area contributed by atoms with Crippen LogP contribution in [0.15, 0.2) is 30.9 Å². The SMILES string of the molecule is Nc1c(O)cccc1C(=O)NS(=O)(=O)NC[C@H]1O[C@@H](n2cnc3c(N)ncnc32)[C@H](O)[C@@H]1O. The molecule has 0 saturated carbocycles. The van der Waals surface area contributed by atoms with Gasteiger partial charge in [0, 0.05) is 6.54 Å². The number of rotatable bonds is 6. The van der Waals surface area contributed by atoms with Gasteiger partial charge in [0.25, 0.3) is 5.91 Å². The number of para-hydroxylation sites is 1. The van der Waals surface area contributed by atoms with Crippen molar-refractivity contribution in [3.8, 4) is 5.75 Å². The van der Waals surface area contributed by atoms with E-state index in [1.807, 2.05) is 0 Å². The zero-order valence-corrected chi connectivity index (χ0v) is 17.5. The van der Waals surface area contributed by atoms with Crippen molar-refractivity contribution >= 4 is 38.8 Å². The number of aromatic nitrogens is 4. The van der Waals surface area contributed by atoms with E-state index in [1.165, 1.54) is 35.4 Å². The fourth-order valence-electron chi connectivity index (χ4n) is 3.34. The van der Waals surface area contributed by atoms with Gasteiger partial charge in [-0.3, -0.25) is 9.36 Å². The van der Waals surface area contributed by atoms with Crippen molar-refractivity contribution in [2.45, 2.75) is 24.5 Å². The van der Waals surface area contributed by atoms with Crippen LogP contribution in [-0.2, 0) is 14.9 Å². The van der Waals surface area contributed by atoms with Crippen LogP contribution >= 0.6 is 0 Å². The number of nitrogens with two attached hydrogens (primary N) is 2. The van der Waals surface area contributed by atoms with Gasteiger partial charge in [-0.15, -0.1) is 0 Å². The number of phenols is 1. The first-order chi connectivity index (χ1) is 15.6. The maximum atomic E-state index is 12.3. The minimum atomic E-state index is -4.41. The summed E-state index contributed by atoms with van der Waals surface area (Å²) in [7, 11) is -4.41. The van der Waals surface area contributed by atoms with Crippen LogP contribution < -0.4 is 20.9 Å². The van der Waals surface area contributed by atoms with Gasteiger partial charge >= 0.3 is 10.2 Å². The van der Waals surface area contributed by atoms with Gasteiger partial charge in [-0.2, -0.15) is 13.1 Å². The third kappa shape index (κ3) is 4.24. The molecule has 1 fully saturated rings.